The van der Waals surface area contributed by atoms with Gasteiger partial charge in [0.1, 0.15) is 0 Å². The van der Waals surface area contributed by atoms with Gasteiger partial charge < -0.3 is 9.32 Å². The number of anilines is 2. The van der Waals surface area contributed by atoms with Crippen LogP contribution in [0, 0.1) is 6.92 Å². The molecule has 1 N–H and O–H groups in total. The minimum absolute atomic E-state index is 0.0371. The highest BCUT2D eigenvalue weighted by atomic mass is 32.2. The number of benzene rings is 2. The summed E-state index contributed by atoms with van der Waals surface area (Å²) in [6.07, 6.45) is 1.30. The maximum absolute atomic E-state index is 12.5. The monoisotopic (exact) mass is 440 g/mol. The minimum Gasteiger partial charge on any atom is -0.407 e. The van der Waals surface area contributed by atoms with E-state index in [4.69, 9.17) is 4.42 Å². The lowest BCUT2D eigenvalue weighted by molar-refractivity contribution is -0.117. The largest absolute Gasteiger partial charge is 0.407 e. The Bertz CT molecular complexity index is 1250. The van der Waals surface area contributed by atoms with Crippen molar-refractivity contribution in [3.63, 3.8) is 0 Å². The van der Waals surface area contributed by atoms with Crippen molar-refractivity contribution < 1.29 is 22.4 Å². The van der Waals surface area contributed by atoms with E-state index in [1.165, 1.54) is 12.1 Å². The molecule has 9 nitrogen and oxygen atoms in total. The Kier molecular flexibility index (Phi) is 5.32. The van der Waals surface area contributed by atoms with Crippen molar-refractivity contribution >= 4 is 33.4 Å². The Morgan fingerprint density at radius 3 is 2.58 bits per heavy atom. The first-order chi connectivity index (χ1) is 14.7. The van der Waals surface area contributed by atoms with Crippen LogP contribution in [0.25, 0.3) is 0 Å². The second-order valence-corrected chi connectivity index (χ2v) is 9.46. The number of aryl methyl sites for hydroxylation is 1. The summed E-state index contributed by atoms with van der Waals surface area (Å²) in [5, 5.41) is 10.4. The molecule has 160 valence electrons. The van der Waals surface area contributed by atoms with E-state index in [2.05, 4.69) is 15.5 Å². The van der Waals surface area contributed by atoms with E-state index in [1.54, 1.807) is 35.2 Å². The fraction of sp³-hybridized carbons (Fsp3) is 0.238. The second kappa shape index (κ2) is 7.95. The van der Waals surface area contributed by atoms with Crippen molar-refractivity contribution in [1.29, 1.82) is 0 Å². The number of amides is 2. The summed E-state index contributed by atoms with van der Waals surface area (Å²) in [4.78, 5) is 26.6. The normalized spacial score (nSPS) is 16.5. The number of hydrogen-bond acceptors (Lipinski definition) is 7. The van der Waals surface area contributed by atoms with Gasteiger partial charge in [-0.15, -0.1) is 5.10 Å². The van der Waals surface area contributed by atoms with Gasteiger partial charge in [0.25, 0.3) is 5.91 Å². The molecule has 10 heteroatoms. The van der Waals surface area contributed by atoms with Crippen LogP contribution in [0.3, 0.4) is 0 Å². The van der Waals surface area contributed by atoms with Crippen LogP contribution in [0.15, 0.2) is 57.8 Å². The van der Waals surface area contributed by atoms with E-state index >= 15 is 0 Å². The van der Waals surface area contributed by atoms with Gasteiger partial charge in [-0.1, -0.05) is 22.8 Å². The van der Waals surface area contributed by atoms with E-state index in [9.17, 15) is 18.0 Å². The lowest BCUT2D eigenvalue weighted by Gasteiger charge is -2.16. The van der Waals surface area contributed by atoms with Gasteiger partial charge in [-0.3, -0.25) is 14.9 Å². The first-order valence-corrected chi connectivity index (χ1v) is 11.4. The van der Waals surface area contributed by atoms with Crippen LogP contribution < -0.4 is 10.2 Å². The fourth-order valence-electron chi connectivity index (χ4n) is 3.40. The molecule has 1 aromatic heterocycles. The minimum atomic E-state index is -3.31. The van der Waals surface area contributed by atoms with E-state index in [1.807, 2.05) is 13.0 Å². The smallest absolute Gasteiger partial charge is 0.322 e. The Labute approximate surface area is 179 Å². The highest BCUT2D eigenvalue weighted by Gasteiger charge is 2.35. The topological polar surface area (TPSA) is 122 Å². The van der Waals surface area contributed by atoms with Gasteiger partial charge in [0.15, 0.2) is 9.84 Å². The lowest BCUT2D eigenvalue weighted by atomic mass is 10.1. The summed E-state index contributed by atoms with van der Waals surface area (Å²) >= 11 is 0. The zero-order valence-electron chi connectivity index (χ0n) is 16.9. The SMILES string of the molecule is Cc1cccc(C(=O)Nc2nnc([C@@H]3CC(=O)N(c4ccc(S(C)(=O)=O)cc4)C3)o2)c1. The van der Waals surface area contributed by atoms with Crippen molar-refractivity contribution in [3.05, 3.63) is 65.5 Å². The number of carbonyl (C=O) groups is 2. The summed E-state index contributed by atoms with van der Waals surface area (Å²) in [5.74, 6) is -0.586. The van der Waals surface area contributed by atoms with Crippen LogP contribution in [-0.4, -0.2) is 43.2 Å². The number of nitrogens with one attached hydrogen (secondary N) is 1. The molecular formula is C21H20N4O5S. The Morgan fingerprint density at radius 2 is 1.90 bits per heavy atom. The highest BCUT2D eigenvalue weighted by molar-refractivity contribution is 7.90. The van der Waals surface area contributed by atoms with Crippen molar-refractivity contribution in [3.8, 4) is 0 Å². The molecule has 0 saturated carbocycles. The number of sulfone groups is 1. The first-order valence-electron chi connectivity index (χ1n) is 9.52. The Morgan fingerprint density at radius 1 is 1.16 bits per heavy atom. The van der Waals surface area contributed by atoms with Gasteiger partial charge in [0, 0.05) is 30.5 Å². The highest BCUT2D eigenvalue weighted by Crippen LogP contribution is 2.32. The average molecular weight is 440 g/mol. The standard InChI is InChI=1S/C21H20N4O5S/c1-13-4-3-5-14(10-13)19(27)22-21-24-23-20(30-21)15-11-18(26)25(12-15)16-6-8-17(9-7-16)31(2,28)29/h3-10,15H,11-12H2,1-2H3,(H,22,24,27)/t15-/m1/s1. The molecule has 0 unspecified atom stereocenters. The third-order valence-corrected chi connectivity index (χ3v) is 6.12. The molecule has 31 heavy (non-hydrogen) atoms. The molecule has 1 saturated heterocycles. The number of aromatic nitrogens is 2. The maximum Gasteiger partial charge on any atom is 0.322 e. The second-order valence-electron chi connectivity index (χ2n) is 7.44. The molecule has 1 aliphatic rings. The average Bonchev–Trinajstić information content (AvgIpc) is 3.34. The van der Waals surface area contributed by atoms with Crippen molar-refractivity contribution in [2.24, 2.45) is 0 Å². The zero-order valence-corrected chi connectivity index (χ0v) is 17.7. The van der Waals surface area contributed by atoms with E-state index in [-0.39, 0.29) is 41.0 Å². The van der Waals surface area contributed by atoms with Gasteiger partial charge in [-0.25, -0.2) is 8.42 Å². The van der Waals surface area contributed by atoms with Crippen LogP contribution in [0.5, 0.6) is 0 Å². The van der Waals surface area contributed by atoms with Crippen LogP contribution in [0.4, 0.5) is 11.7 Å². The van der Waals surface area contributed by atoms with Gasteiger partial charge in [0.05, 0.1) is 10.8 Å². The molecule has 3 aromatic rings. The summed E-state index contributed by atoms with van der Waals surface area (Å²) < 4.78 is 28.8. The first kappa shape index (κ1) is 20.7. The van der Waals surface area contributed by atoms with Crippen LogP contribution in [-0.2, 0) is 14.6 Å². The molecule has 4 rings (SSSR count). The number of carbonyl (C=O) groups excluding carboxylic acids is 2. The quantitative estimate of drug-likeness (QED) is 0.647. The van der Waals surface area contributed by atoms with Crippen molar-refractivity contribution in [2.75, 3.05) is 23.0 Å². The number of rotatable bonds is 5. The molecule has 2 amide bonds. The molecule has 0 aliphatic carbocycles. The molecule has 0 radical (unpaired) electrons. The summed E-state index contributed by atoms with van der Waals surface area (Å²) in [7, 11) is -3.31. The van der Waals surface area contributed by atoms with Crippen LogP contribution >= 0.6 is 0 Å². The van der Waals surface area contributed by atoms with Crippen molar-refractivity contribution in [2.45, 2.75) is 24.2 Å². The molecule has 2 heterocycles. The van der Waals surface area contributed by atoms with E-state index in [0.717, 1.165) is 11.8 Å². The molecule has 1 atom stereocenters. The van der Waals surface area contributed by atoms with Gasteiger partial charge in [-0.05, 0) is 43.3 Å². The molecule has 0 spiro atoms. The molecule has 0 bridgehead atoms. The van der Waals surface area contributed by atoms with Gasteiger partial charge in [0.2, 0.25) is 11.8 Å². The van der Waals surface area contributed by atoms with Crippen molar-refractivity contribution in [1.82, 2.24) is 10.2 Å². The van der Waals surface area contributed by atoms with Gasteiger partial charge >= 0.3 is 6.01 Å². The molecule has 2 aromatic carbocycles. The van der Waals surface area contributed by atoms with Gasteiger partial charge in [-0.2, -0.15) is 0 Å². The Balaban J connectivity index is 1.45. The fourth-order valence-corrected chi connectivity index (χ4v) is 4.03. The zero-order chi connectivity index (χ0) is 22.2. The predicted molar refractivity (Wildman–Crippen MR) is 113 cm³/mol. The van der Waals surface area contributed by atoms with Crippen LogP contribution in [0.2, 0.25) is 0 Å². The summed E-state index contributed by atoms with van der Waals surface area (Å²) in [6.45, 7) is 2.20. The number of hydrogen-bond donors (Lipinski definition) is 1. The van der Waals surface area contributed by atoms with E-state index < -0.39 is 9.84 Å². The van der Waals surface area contributed by atoms with Crippen LogP contribution in [0.1, 0.15) is 34.2 Å². The summed E-state index contributed by atoms with van der Waals surface area (Å²) in [5.41, 5.74) is 2.01. The molecule has 1 aliphatic heterocycles. The lowest BCUT2D eigenvalue weighted by Crippen LogP contribution is -2.24. The number of nitrogens with zero attached hydrogens (tertiary/aromatic N) is 3. The van der Waals surface area contributed by atoms with E-state index in [0.29, 0.717) is 17.8 Å². The maximum atomic E-state index is 12.5. The Hall–Kier alpha value is -3.53. The third-order valence-electron chi connectivity index (χ3n) is 4.99. The molecule has 1 fully saturated rings. The molecular weight excluding hydrogens is 420 g/mol. The predicted octanol–water partition coefficient (Wildman–Crippen LogP) is 2.55. The summed E-state index contributed by atoms with van der Waals surface area (Å²) in [6, 6.07) is 13.2. The third kappa shape index (κ3) is 4.48.